The van der Waals surface area contributed by atoms with Crippen molar-refractivity contribution in [2.75, 3.05) is 5.32 Å². The Bertz CT molecular complexity index is 760. The number of anilines is 1. The van der Waals surface area contributed by atoms with Crippen LogP contribution in [0.1, 0.15) is 47.6 Å². The van der Waals surface area contributed by atoms with Crippen molar-refractivity contribution in [1.82, 2.24) is 0 Å². The monoisotopic (exact) mass is 323 g/mol. The van der Waals surface area contributed by atoms with E-state index in [1.807, 2.05) is 0 Å². The van der Waals surface area contributed by atoms with Crippen molar-refractivity contribution in [3.63, 3.8) is 0 Å². The van der Waals surface area contributed by atoms with Crippen LogP contribution >= 0.6 is 11.6 Å². The Hall–Kier alpha value is -1.73. The minimum atomic E-state index is 0.369. The van der Waals surface area contributed by atoms with Gasteiger partial charge in [-0.25, -0.2) is 0 Å². The molecule has 1 heterocycles. The minimum absolute atomic E-state index is 0.369. The number of benzene rings is 2. The van der Waals surface area contributed by atoms with Gasteiger partial charge in [-0.2, -0.15) is 0 Å². The average Bonchev–Trinajstić information content (AvgIpc) is 3.04. The van der Waals surface area contributed by atoms with E-state index in [9.17, 15) is 0 Å². The molecule has 0 unspecified atom stereocenters. The number of nitrogens with one attached hydrogen (secondary N) is 1. The number of fused-ring (bicyclic) bond motifs is 3. The Morgan fingerprint density at radius 2 is 1.96 bits per heavy atom. The van der Waals surface area contributed by atoms with Gasteiger partial charge in [-0.3, -0.25) is 0 Å². The molecule has 1 aliphatic heterocycles. The summed E-state index contributed by atoms with van der Waals surface area (Å²) < 4.78 is 0. The van der Waals surface area contributed by atoms with Crippen LogP contribution < -0.4 is 5.32 Å². The second kappa shape index (κ2) is 5.72. The molecule has 0 saturated carbocycles. The largest absolute Gasteiger partial charge is 0.377 e. The SMILES string of the molecule is CCc1ccc([C@@H]2Nc3c(C)cc(Cl)cc3[C@H]3C=CC[C@H]32)cc1. The van der Waals surface area contributed by atoms with E-state index >= 15 is 0 Å². The van der Waals surface area contributed by atoms with Gasteiger partial charge < -0.3 is 5.32 Å². The first-order chi connectivity index (χ1) is 11.2. The highest BCUT2D eigenvalue weighted by molar-refractivity contribution is 6.30. The third-order valence-electron chi connectivity index (χ3n) is 5.38. The molecule has 2 aliphatic rings. The lowest BCUT2D eigenvalue weighted by Crippen LogP contribution is -2.29. The highest BCUT2D eigenvalue weighted by Crippen LogP contribution is 2.51. The van der Waals surface area contributed by atoms with Gasteiger partial charge in [-0.15, -0.1) is 0 Å². The standard InChI is InChI=1S/C21H22ClN/c1-3-14-7-9-15(10-8-14)21-18-6-4-5-17(18)19-12-16(22)11-13(2)20(19)23-21/h4-5,7-12,17-18,21,23H,3,6H2,1-2H3/t17-,18+,21-/m0/s1. The highest BCUT2D eigenvalue weighted by atomic mass is 35.5. The zero-order chi connectivity index (χ0) is 16.0. The van der Waals surface area contributed by atoms with Crippen LogP contribution in [-0.4, -0.2) is 0 Å². The first-order valence-electron chi connectivity index (χ1n) is 8.49. The number of aryl methyl sites for hydroxylation is 2. The number of hydrogen-bond acceptors (Lipinski definition) is 1. The molecule has 1 nitrogen and oxygen atoms in total. The summed E-state index contributed by atoms with van der Waals surface area (Å²) >= 11 is 6.31. The molecule has 0 spiro atoms. The first-order valence-corrected chi connectivity index (χ1v) is 8.87. The van der Waals surface area contributed by atoms with Crippen LogP contribution in [0.2, 0.25) is 5.02 Å². The second-order valence-corrected chi connectivity index (χ2v) is 7.19. The lowest BCUT2D eigenvalue weighted by Gasteiger charge is -2.38. The van der Waals surface area contributed by atoms with Crippen molar-refractivity contribution in [2.45, 2.75) is 38.6 Å². The topological polar surface area (TPSA) is 12.0 Å². The molecule has 0 saturated heterocycles. The lowest BCUT2D eigenvalue weighted by molar-refractivity contribution is 0.425. The van der Waals surface area contributed by atoms with Crippen LogP contribution in [0.3, 0.4) is 0 Å². The molecule has 0 fully saturated rings. The van der Waals surface area contributed by atoms with Gasteiger partial charge in [0, 0.05) is 16.6 Å². The summed E-state index contributed by atoms with van der Waals surface area (Å²) in [5.41, 5.74) is 6.65. The summed E-state index contributed by atoms with van der Waals surface area (Å²) in [7, 11) is 0. The van der Waals surface area contributed by atoms with Gasteiger partial charge >= 0.3 is 0 Å². The lowest BCUT2D eigenvalue weighted by atomic mass is 9.76. The molecule has 4 rings (SSSR count). The van der Waals surface area contributed by atoms with Crippen molar-refractivity contribution >= 4 is 17.3 Å². The Kier molecular flexibility index (Phi) is 3.69. The molecule has 2 aromatic rings. The Labute approximate surface area is 143 Å². The van der Waals surface area contributed by atoms with Gasteiger partial charge in [0.1, 0.15) is 0 Å². The Morgan fingerprint density at radius 3 is 2.70 bits per heavy atom. The summed E-state index contributed by atoms with van der Waals surface area (Å²) in [6.45, 7) is 4.35. The van der Waals surface area contributed by atoms with Gasteiger partial charge in [0.05, 0.1) is 6.04 Å². The Morgan fingerprint density at radius 1 is 1.17 bits per heavy atom. The summed E-state index contributed by atoms with van der Waals surface area (Å²) in [6, 6.07) is 13.7. The average molecular weight is 324 g/mol. The molecule has 0 radical (unpaired) electrons. The van der Waals surface area contributed by atoms with Crippen LogP contribution in [0.5, 0.6) is 0 Å². The fourth-order valence-corrected chi connectivity index (χ4v) is 4.41. The maximum atomic E-state index is 6.31. The van der Waals surface area contributed by atoms with Crippen LogP contribution in [0, 0.1) is 12.8 Å². The molecule has 3 atom stereocenters. The van der Waals surface area contributed by atoms with Crippen molar-refractivity contribution < 1.29 is 0 Å². The summed E-state index contributed by atoms with van der Waals surface area (Å²) in [5, 5.41) is 4.66. The summed E-state index contributed by atoms with van der Waals surface area (Å²) in [6.07, 6.45) is 6.92. The number of allylic oxidation sites excluding steroid dienone is 2. The third kappa shape index (κ3) is 2.48. The van der Waals surface area contributed by atoms with Crippen molar-refractivity contribution in [1.29, 1.82) is 0 Å². The van der Waals surface area contributed by atoms with E-state index in [1.165, 1.54) is 27.9 Å². The van der Waals surface area contributed by atoms with Gasteiger partial charge in [-0.1, -0.05) is 54.9 Å². The summed E-state index contributed by atoms with van der Waals surface area (Å²) in [5.74, 6) is 1.05. The highest BCUT2D eigenvalue weighted by Gasteiger charge is 2.38. The zero-order valence-electron chi connectivity index (χ0n) is 13.6. The van der Waals surface area contributed by atoms with Gasteiger partial charge in [-0.05, 0) is 60.1 Å². The van der Waals surface area contributed by atoms with Crippen LogP contribution in [0.25, 0.3) is 0 Å². The van der Waals surface area contributed by atoms with E-state index in [-0.39, 0.29) is 0 Å². The van der Waals surface area contributed by atoms with Crippen molar-refractivity contribution in [3.8, 4) is 0 Å². The van der Waals surface area contributed by atoms with Gasteiger partial charge in [0.25, 0.3) is 0 Å². The maximum Gasteiger partial charge on any atom is 0.0554 e. The van der Waals surface area contributed by atoms with Crippen molar-refractivity contribution in [2.24, 2.45) is 5.92 Å². The molecule has 23 heavy (non-hydrogen) atoms. The van der Waals surface area contributed by atoms with Gasteiger partial charge in [0.2, 0.25) is 0 Å². The number of halogens is 1. The third-order valence-corrected chi connectivity index (χ3v) is 5.60. The summed E-state index contributed by atoms with van der Waals surface area (Å²) in [4.78, 5) is 0. The Balaban J connectivity index is 1.78. The number of hydrogen-bond donors (Lipinski definition) is 1. The van der Waals surface area contributed by atoms with E-state index in [4.69, 9.17) is 11.6 Å². The minimum Gasteiger partial charge on any atom is -0.377 e. The smallest absolute Gasteiger partial charge is 0.0554 e. The predicted molar refractivity (Wildman–Crippen MR) is 98.4 cm³/mol. The number of rotatable bonds is 2. The fourth-order valence-electron chi connectivity index (χ4n) is 4.13. The quantitative estimate of drug-likeness (QED) is 0.664. The van der Waals surface area contributed by atoms with Gasteiger partial charge in [0.15, 0.2) is 0 Å². The molecule has 118 valence electrons. The zero-order valence-corrected chi connectivity index (χ0v) is 14.4. The molecule has 2 aromatic carbocycles. The molecule has 2 heteroatoms. The molecule has 1 N–H and O–H groups in total. The van der Waals surface area contributed by atoms with E-state index in [2.05, 4.69) is 67.7 Å². The molecule has 0 bridgehead atoms. The van der Waals surface area contributed by atoms with Crippen LogP contribution in [-0.2, 0) is 6.42 Å². The normalized spacial score (nSPS) is 24.9. The molecular formula is C21H22ClN. The predicted octanol–water partition coefficient (Wildman–Crippen LogP) is 6.04. The second-order valence-electron chi connectivity index (χ2n) is 6.76. The fraction of sp³-hybridized carbons (Fsp3) is 0.333. The molecule has 0 aromatic heterocycles. The van der Waals surface area contributed by atoms with Crippen LogP contribution in [0.4, 0.5) is 5.69 Å². The van der Waals surface area contributed by atoms with E-state index in [0.717, 1.165) is 17.9 Å². The molecule has 0 amide bonds. The molecule has 1 aliphatic carbocycles. The molecular weight excluding hydrogens is 302 g/mol. The maximum absolute atomic E-state index is 6.31. The van der Waals surface area contributed by atoms with Crippen molar-refractivity contribution in [3.05, 3.63) is 75.8 Å². The van der Waals surface area contributed by atoms with E-state index in [0.29, 0.717) is 17.9 Å². The first kappa shape index (κ1) is 14.8. The van der Waals surface area contributed by atoms with Crippen LogP contribution in [0.15, 0.2) is 48.6 Å². The van der Waals surface area contributed by atoms with E-state index < -0.39 is 0 Å². The van der Waals surface area contributed by atoms with E-state index in [1.54, 1.807) is 0 Å².